The summed E-state index contributed by atoms with van der Waals surface area (Å²) in [5, 5.41) is 7.97. The Balaban J connectivity index is 0.000000271. The molecular formula is C55H52N2. The monoisotopic (exact) mass is 740 g/mol. The van der Waals surface area contributed by atoms with Gasteiger partial charge in [0.05, 0.1) is 5.71 Å². The van der Waals surface area contributed by atoms with E-state index in [-0.39, 0.29) is 5.92 Å². The van der Waals surface area contributed by atoms with E-state index in [0.717, 1.165) is 11.1 Å². The molecule has 57 heavy (non-hydrogen) atoms. The Morgan fingerprint density at radius 1 is 0.421 bits per heavy atom. The fraction of sp³-hybridized carbons (Fsp3) is 0.0727. The lowest BCUT2D eigenvalue weighted by Crippen LogP contribution is -2.04. The van der Waals surface area contributed by atoms with E-state index in [9.17, 15) is 0 Å². The molecule has 0 saturated heterocycles. The highest BCUT2D eigenvalue weighted by Gasteiger charge is 2.19. The number of nitrogens with two attached hydrogens (primary N) is 1. The molecule has 2 nitrogen and oxygen atoms in total. The van der Waals surface area contributed by atoms with E-state index in [0.29, 0.717) is 5.71 Å². The number of benzene rings is 8. The van der Waals surface area contributed by atoms with Gasteiger partial charge in [0.15, 0.2) is 0 Å². The van der Waals surface area contributed by atoms with E-state index in [4.69, 9.17) is 5.41 Å². The lowest BCUT2D eigenvalue weighted by molar-refractivity contribution is 0.979. The summed E-state index contributed by atoms with van der Waals surface area (Å²) in [6, 6.07) is 76.7. The van der Waals surface area contributed by atoms with Crippen molar-refractivity contribution >= 4 is 5.71 Å². The number of nitrogens with one attached hydrogen (secondary N) is 1. The molecule has 8 rings (SSSR count). The normalized spacial score (nSPS) is 10.1. The van der Waals surface area contributed by atoms with E-state index >= 15 is 0 Å². The molecule has 2 heteroatoms. The predicted octanol–water partition coefficient (Wildman–Crippen LogP) is 14.0. The maximum absolute atomic E-state index is 7.97. The second kappa shape index (κ2) is 21.9. The van der Waals surface area contributed by atoms with Gasteiger partial charge in [0.2, 0.25) is 0 Å². The molecule has 0 aliphatic carbocycles. The summed E-state index contributed by atoms with van der Waals surface area (Å²) in [6.07, 6.45) is 1.75. The molecule has 0 radical (unpaired) electrons. The summed E-state index contributed by atoms with van der Waals surface area (Å²) >= 11 is 0. The number of hydrogen-bond donors (Lipinski definition) is 2. The molecule has 282 valence electrons. The molecular weight excluding hydrogens is 689 g/mol. The van der Waals surface area contributed by atoms with Crippen molar-refractivity contribution in [3.05, 3.63) is 264 Å². The Kier molecular flexibility index (Phi) is 15.8. The van der Waals surface area contributed by atoms with Crippen molar-refractivity contribution in [3.63, 3.8) is 0 Å². The van der Waals surface area contributed by atoms with Crippen LogP contribution in [-0.2, 0) is 0 Å². The molecule has 0 atom stereocenters. The molecule has 8 aromatic carbocycles. The van der Waals surface area contributed by atoms with Gasteiger partial charge in [-0.2, -0.15) is 0 Å². The van der Waals surface area contributed by atoms with Gasteiger partial charge < -0.3 is 5.73 Å². The topological polar surface area (TPSA) is 49.9 Å². The molecule has 0 heterocycles. The van der Waals surface area contributed by atoms with Crippen LogP contribution in [-0.4, -0.2) is 12.8 Å². The van der Waals surface area contributed by atoms with Crippen molar-refractivity contribution < 1.29 is 0 Å². The van der Waals surface area contributed by atoms with Crippen molar-refractivity contribution in [2.24, 2.45) is 5.73 Å². The van der Waals surface area contributed by atoms with Crippen LogP contribution in [0.5, 0.6) is 0 Å². The summed E-state index contributed by atoms with van der Waals surface area (Å²) in [7, 11) is 1.50. The van der Waals surface area contributed by atoms with Gasteiger partial charge in [-0.3, -0.25) is 5.41 Å². The first-order chi connectivity index (χ1) is 28.0. The molecule has 0 aliphatic heterocycles. The smallest absolute Gasteiger partial charge is 0.0684 e. The van der Waals surface area contributed by atoms with Crippen LogP contribution in [0.2, 0.25) is 0 Å². The van der Waals surface area contributed by atoms with Crippen molar-refractivity contribution in [1.29, 1.82) is 5.41 Å². The molecule has 0 amide bonds. The lowest BCUT2D eigenvalue weighted by atomic mass is 9.82. The van der Waals surface area contributed by atoms with Crippen molar-refractivity contribution in [2.75, 3.05) is 7.05 Å². The predicted molar refractivity (Wildman–Crippen MR) is 246 cm³/mol. The Morgan fingerprint density at radius 2 is 0.702 bits per heavy atom. The second-order valence-corrected chi connectivity index (χ2v) is 13.4. The molecule has 0 spiro atoms. The van der Waals surface area contributed by atoms with Crippen LogP contribution in [0.3, 0.4) is 0 Å². The van der Waals surface area contributed by atoms with Crippen LogP contribution in [0.15, 0.2) is 231 Å². The average molecular weight is 741 g/mol. The first-order valence-electron chi connectivity index (χ1n) is 19.4. The van der Waals surface area contributed by atoms with Gasteiger partial charge in [0.1, 0.15) is 0 Å². The van der Waals surface area contributed by atoms with Gasteiger partial charge >= 0.3 is 0 Å². The van der Waals surface area contributed by atoms with Crippen LogP contribution < -0.4 is 5.73 Å². The van der Waals surface area contributed by atoms with E-state index in [1.807, 2.05) is 67.6 Å². The van der Waals surface area contributed by atoms with Gasteiger partial charge in [-0.15, -0.1) is 6.58 Å². The fourth-order valence-electron chi connectivity index (χ4n) is 6.73. The van der Waals surface area contributed by atoms with E-state index in [1.165, 1.54) is 62.7 Å². The van der Waals surface area contributed by atoms with Crippen molar-refractivity contribution in [3.8, 4) is 33.4 Å². The van der Waals surface area contributed by atoms with Gasteiger partial charge in [-0.25, -0.2) is 0 Å². The summed E-state index contributed by atoms with van der Waals surface area (Å²) in [5.74, 6) is 0.104. The van der Waals surface area contributed by atoms with E-state index in [1.54, 1.807) is 6.08 Å². The number of rotatable bonds is 8. The largest absolute Gasteiger partial charge is 0.333 e. The lowest BCUT2D eigenvalue weighted by Gasteiger charge is -2.21. The Hall–Kier alpha value is -6.87. The zero-order chi connectivity index (χ0) is 40.2. The van der Waals surface area contributed by atoms with E-state index in [2.05, 4.69) is 177 Å². The van der Waals surface area contributed by atoms with Crippen LogP contribution >= 0.6 is 0 Å². The second-order valence-electron chi connectivity index (χ2n) is 13.4. The first kappa shape index (κ1) is 41.3. The number of aryl methyl sites for hydroxylation is 1. The number of allylic oxidation sites excluding steroid dienone is 1. The minimum atomic E-state index is 0.104. The third-order valence-electron chi connectivity index (χ3n) is 9.35. The van der Waals surface area contributed by atoms with Gasteiger partial charge in [0, 0.05) is 5.92 Å². The molecule has 0 aliphatic rings. The molecule has 8 aromatic rings. The molecule has 0 bridgehead atoms. The summed E-state index contributed by atoms with van der Waals surface area (Å²) in [4.78, 5) is 0. The zero-order valence-corrected chi connectivity index (χ0v) is 33.2. The highest BCUT2D eigenvalue weighted by atomic mass is 14.4. The Morgan fingerprint density at radius 3 is 1.05 bits per heavy atom. The van der Waals surface area contributed by atoms with Gasteiger partial charge in [-0.05, 0) is 82.1 Å². The molecule has 3 N–H and O–H groups in total. The van der Waals surface area contributed by atoms with Crippen LogP contribution in [0, 0.1) is 12.3 Å². The standard InChI is InChI=1S/C38H30.C13H11N.C3H6.CH5N/c1-28-12-8-17-31(24-28)34-20-11-23-37(27-34)38(35-21-9-18-32(25-35)29-13-4-2-5-14-29)36-22-10-19-33(26-36)30-15-6-3-7-16-30;14-13(11-7-3-1-4-8-11)12-9-5-2-6-10-12;1-3-2;1-2/h2-27,38H,1H3;1-10,14H;3H,1H2,2H3;2H2,1H3. The minimum absolute atomic E-state index is 0.104. The summed E-state index contributed by atoms with van der Waals surface area (Å²) < 4.78 is 0. The van der Waals surface area contributed by atoms with E-state index < -0.39 is 0 Å². The minimum Gasteiger partial charge on any atom is -0.333 e. The highest BCUT2D eigenvalue weighted by molar-refractivity contribution is 6.10. The molecule has 0 fully saturated rings. The molecule has 0 saturated carbocycles. The maximum atomic E-state index is 7.97. The SMILES string of the molecule is C=CC.CN.Cc1cccc(-c2cccc(C(c3cccc(-c4ccccc4)c3)c3cccc(-c4ccccc4)c3)c2)c1.N=C(c1ccccc1)c1ccccc1. The van der Waals surface area contributed by atoms with Gasteiger partial charge in [0.25, 0.3) is 0 Å². The summed E-state index contributed by atoms with van der Waals surface area (Å²) in [6.45, 7) is 7.40. The van der Waals surface area contributed by atoms with Crippen molar-refractivity contribution in [1.82, 2.24) is 0 Å². The average Bonchev–Trinajstić information content (AvgIpc) is 3.29. The highest BCUT2D eigenvalue weighted by Crippen LogP contribution is 2.37. The first-order valence-corrected chi connectivity index (χ1v) is 19.4. The Labute approximate surface area is 340 Å². The van der Waals surface area contributed by atoms with Crippen LogP contribution in [0.4, 0.5) is 0 Å². The maximum Gasteiger partial charge on any atom is 0.0684 e. The summed E-state index contributed by atoms with van der Waals surface area (Å²) in [5.41, 5.74) is 19.6. The zero-order valence-electron chi connectivity index (χ0n) is 33.2. The fourth-order valence-corrected chi connectivity index (χ4v) is 6.73. The van der Waals surface area contributed by atoms with Crippen LogP contribution in [0.25, 0.3) is 33.4 Å². The third-order valence-corrected chi connectivity index (χ3v) is 9.35. The number of hydrogen-bond acceptors (Lipinski definition) is 2. The van der Waals surface area contributed by atoms with Gasteiger partial charge in [-0.1, -0.05) is 230 Å². The Bertz CT molecular complexity index is 2290. The third kappa shape index (κ3) is 11.6. The van der Waals surface area contributed by atoms with Crippen molar-refractivity contribution in [2.45, 2.75) is 19.8 Å². The quantitative estimate of drug-likeness (QED) is 0.0910. The van der Waals surface area contributed by atoms with Crippen LogP contribution in [0.1, 0.15) is 46.2 Å². The molecule has 0 unspecified atom stereocenters. The molecule has 0 aromatic heterocycles.